The molecule has 0 bridgehead atoms. The number of aryl methyl sites for hydroxylation is 1. The molecule has 1 aliphatic carbocycles. The summed E-state index contributed by atoms with van der Waals surface area (Å²) in [5.41, 5.74) is 1.03. The van der Waals surface area contributed by atoms with Gasteiger partial charge in [0.15, 0.2) is 9.84 Å². The molecule has 6 nitrogen and oxygen atoms in total. The zero-order valence-corrected chi connectivity index (χ0v) is 13.8. The maximum atomic E-state index is 12.3. The van der Waals surface area contributed by atoms with Gasteiger partial charge in [-0.25, -0.2) is 8.42 Å². The first kappa shape index (κ1) is 15.1. The number of amides is 1. The first-order valence-electron chi connectivity index (χ1n) is 6.80. The molecule has 0 unspecified atom stereocenters. The number of nitrogens with one attached hydrogen (secondary N) is 1. The number of hydrogen-bond acceptors (Lipinski definition) is 6. The van der Waals surface area contributed by atoms with Crippen molar-refractivity contribution in [1.29, 1.82) is 0 Å². The maximum absolute atomic E-state index is 12.3. The van der Waals surface area contributed by atoms with Crippen LogP contribution in [-0.2, 0) is 9.84 Å². The fraction of sp³-hybridized carbons (Fsp3) is 0.357. The molecule has 1 aromatic heterocycles. The van der Waals surface area contributed by atoms with Gasteiger partial charge in [-0.1, -0.05) is 17.4 Å². The van der Waals surface area contributed by atoms with Crippen molar-refractivity contribution in [2.75, 3.05) is 11.6 Å². The van der Waals surface area contributed by atoms with Crippen LogP contribution in [0.2, 0.25) is 0 Å². The zero-order valence-electron chi connectivity index (χ0n) is 12.2. The first-order chi connectivity index (χ1) is 10.3. The van der Waals surface area contributed by atoms with Gasteiger partial charge in [-0.15, -0.1) is 10.2 Å². The lowest BCUT2D eigenvalue weighted by atomic mass is 10.1. The third kappa shape index (κ3) is 3.17. The molecule has 1 amide bonds. The van der Waals surface area contributed by atoms with Gasteiger partial charge in [-0.05, 0) is 37.5 Å². The molecule has 1 fully saturated rings. The molecule has 116 valence electrons. The minimum absolute atomic E-state index is 0.124. The quantitative estimate of drug-likeness (QED) is 0.925. The summed E-state index contributed by atoms with van der Waals surface area (Å²) < 4.78 is 23.2. The predicted octanol–water partition coefficient (Wildman–Crippen LogP) is 2.38. The third-order valence-electron chi connectivity index (χ3n) is 3.47. The van der Waals surface area contributed by atoms with Crippen LogP contribution < -0.4 is 5.32 Å². The van der Waals surface area contributed by atoms with Gasteiger partial charge in [-0.3, -0.25) is 10.1 Å². The van der Waals surface area contributed by atoms with E-state index >= 15 is 0 Å². The maximum Gasteiger partial charge on any atom is 0.257 e. The highest BCUT2D eigenvalue weighted by atomic mass is 32.2. The molecule has 8 heteroatoms. The van der Waals surface area contributed by atoms with E-state index in [1.54, 1.807) is 13.0 Å². The lowest BCUT2D eigenvalue weighted by molar-refractivity contribution is 0.102. The van der Waals surface area contributed by atoms with Crippen LogP contribution in [0.1, 0.15) is 39.7 Å². The summed E-state index contributed by atoms with van der Waals surface area (Å²) in [4.78, 5) is 12.5. The standard InChI is InChI=1S/C14H15N3O3S2/c1-8-3-6-10(22(2,19)20)7-11(8)12(18)15-14-17-16-13(21-14)9-4-5-9/h3,6-7,9H,4-5H2,1-2H3,(H,15,17,18). The van der Waals surface area contributed by atoms with Crippen molar-refractivity contribution in [3.05, 3.63) is 34.3 Å². The molecule has 2 aromatic rings. The van der Waals surface area contributed by atoms with Crippen LogP contribution in [0.5, 0.6) is 0 Å². The number of rotatable bonds is 4. The summed E-state index contributed by atoms with van der Waals surface area (Å²) >= 11 is 1.37. The molecule has 1 N–H and O–H groups in total. The molecule has 3 rings (SSSR count). The molecule has 22 heavy (non-hydrogen) atoms. The van der Waals surface area contributed by atoms with E-state index in [4.69, 9.17) is 0 Å². The smallest absolute Gasteiger partial charge is 0.257 e. The SMILES string of the molecule is Cc1ccc(S(C)(=O)=O)cc1C(=O)Nc1nnc(C2CC2)s1. The van der Waals surface area contributed by atoms with E-state index < -0.39 is 9.84 Å². The molecule has 1 aliphatic rings. The Morgan fingerprint density at radius 3 is 2.68 bits per heavy atom. The van der Waals surface area contributed by atoms with Crippen LogP contribution in [0, 0.1) is 6.92 Å². The Hall–Kier alpha value is -1.80. The van der Waals surface area contributed by atoms with Gasteiger partial charge >= 0.3 is 0 Å². The Bertz CT molecular complexity index is 839. The molecule has 0 atom stereocenters. The fourth-order valence-corrected chi connectivity index (χ4v) is 3.58. The van der Waals surface area contributed by atoms with Crippen LogP contribution in [-0.4, -0.2) is 30.8 Å². The van der Waals surface area contributed by atoms with Crippen LogP contribution in [0.3, 0.4) is 0 Å². The summed E-state index contributed by atoms with van der Waals surface area (Å²) in [6, 6.07) is 4.52. The summed E-state index contributed by atoms with van der Waals surface area (Å²) in [6.07, 6.45) is 3.36. The van der Waals surface area contributed by atoms with Crippen LogP contribution in [0.25, 0.3) is 0 Å². The summed E-state index contributed by atoms with van der Waals surface area (Å²) in [7, 11) is -3.35. The lowest BCUT2D eigenvalue weighted by Crippen LogP contribution is -2.14. The minimum Gasteiger partial charge on any atom is -0.296 e. The molecule has 1 aromatic carbocycles. The van der Waals surface area contributed by atoms with Crippen molar-refractivity contribution < 1.29 is 13.2 Å². The van der Waals surface area contributed by atoms with E-state index in [-0.39, 0.29) is 10.8 Å². The number of benzene rings is 1. The van der Waals surface area contributed by atoms with Gasteiger partial charge in [0.2, 0.25) is 5.13 Å². The van der Waals surface area contributed by atoms with Crippen LogP contribution in [0.4, 0.5) is 5.13 Å². The predicted molar refractivity (Wildman–Crippen MR) is 84.1 cm³/mol. The van der Waals surface area contributed by atoms with E-state index in [0.29, 0.717) is 22.2 Å². The van der Waals surface area contributed by atoms with Gasteiger partial charge < -0.3 is 0 Å². The topological polar surface area (TPSA) is 89.0 Å². The minimum atomic E-state index is -3.35. The second-order valence-electron chi connectivity index (χ2n) is 5.42. The van der Waals surface area contributed by atoms with Crippen molar-refractivity contribution in [2.24, 2.45) is 0 Å². The Balaban J connectivity index is 1.84. The Morgan fingerprint density at radius 1 is 1.32 bits per heavy atom. The molecular weight excluding hydrogens is 322 g/mol. The molecular formula is C14H15N3O3S2. The molecule has 1 heterocycles. The Morgan fingerprint density at radius 2 is 2.05 bits per heavy atom. The van der Waals surface area contributed by atoms with Gasteiger partial charge in [-0.2, -0.15) is 0 Å². The van der Waals surface area contributed by atoms with Crippen LogP contribution >= 0.6 is 11.3 Å². The van der Waals surface area contributed by atoms with Crippen molar-refractivity contribution >= 4 is 32.2 Å². The van der Waals surface area contributed by atoms with E-state index in [9.17, 15) is 13.2 Å². The number of anilines is 1. The summed E-state index contributed by atoms with van der Waals surface area (Å²) in [6.45, 7) is 1.76. The van der Waals surface area contributed by atoms with Crippen molar-refractivity contribution in [2.45, 2.75) is 30.6 Å². The number of sulfone groups is 1. The highest BCUT2D eigenvalue weighted by molar-refractivity contribution is 7.90. The second-order valence-corrected chi connectivity index (χ2v) is 8.45. The highest BCUT2D eigenvalue weighted by Crippen LogP contribution is 2.42. The lowest BCUT2D eigenvalue weighted by Gasteiger charge is -2.07. The third-order valence-corrected chi connectivity index (χ3v) is 5.58. The molecule has 0 spiro atoms. The van der Waals surface area contributed by atoms with Gasteiger partial charge in [0.25, 0.3) is 5.91 Å². The number of nitrogens with zero attached hydrogens (tertiary/aromatic N) is 2. The normalized spacial score (nSPS) is 14.8. The number of aromatic nitrogens is 2. The molecule has 0 saturated heterocycles. The zero-order chi connectivity index (χ0) is 15.9. The van der Waals surface area contributed by atoms with E-state index in [1.807, 2.05) is 0 Å². The Labute approximate surface area is 132 Å². The van der Waals surface area contributed by atoms with E-state index in [0.717, 1.165) is 24.1 Å². The van der Waals surface area contributed by atoms with Crippen LogP contribution in [0.15, 0.2) is 23.1 Å². The van der Waals surface area contributed by atoms with E-state index in [1.165, 1.54) is 23.5 Å². The summed E-state index contributed by atoms with van der Waals surface area (Å²) in [5.74, 6) is 0.111. The van der Waals surface area contributed by atoms with E-state index in [2.05, 4.69) is 15.5 Å². The summed E-state index contributed by atoms with van der Waals surface area (Å²) in [5, 5.41) is 12.1. The molecule has 0 aliphatic heterocycles. The number of carbonyl (C=O) groups is 1. The van der Waals surface area contributed by atoms with Gasteiger partial charge in [0.05, 0.1) is 4.90 Å². The largest absolute Gasteiger partial charge is 0.296 e. The highest BCUT2D eigenvalue weighted by Gasteiger charge is 2.28. The molecule has 0 radical (unpaired) electrons. The average Bonchev–Trinajstić information content (AvgIpc) is 3.19. The molecule has 1 saturated carbocycles. The fourth-order valence-electron chi connectivity index (χ4n) is 2.02. The van der Waals surface area contributed by atoms with Gasteiger partial charge in [0, 0.05) is 17.7 Å². The van der Waals surface area contributed by atoms with Crippen molar-refractivity contribution in [1.82, 2.24) is 10.2 Å². The first-order valence-corrected chi connectivity index (χ1v) is 9.51. The average molecular weight is 337 g/mol. The monoisotopic (exact) mass is 337 g/mol. The Kier molecular flexibility index (Phi) is 3.73. The van der Waals surface area contributed by atoms with Gasteiger partial charge in [0.1, 0.15) is 5.01 Å². The number of carbonyl (C=O) groups excluding carboxylic acids is 1. The number of hydrogen-bond donors (Lipinski definition) is 1. The second kappa shape index (κ2) is 5.44. The van der Waals surface area contributed by atoms with Crippen molar-refractivity contribution in [3.63, 3.8) is 0 Å². The van der Waals surface area contributed by atoms with Crippen molar-refractivity contribution in [3.8, 4) is 0 Å².